The first kappa shape index (κ1) is 20.9. The van der Waals surface area contributed by atoms with E-state index < -0.39 is 28.3 Å². The standard InChI is InChI=1S/C19H18ClNO7S/c1-29(24,25)17-9-12(3-5-14(17)20)19(23)28-11-18(22)21-13-4-6-15-16(10-13)27-8-2-7-26-15/h3-6,9-10H,2,7-8,11H2,1H3,(H,21,22). The smallest absolute Gasteiger partial charge is 0.338 e. The maximum absolute atomic E-state index is 12.1. The highest BCUT2D eigenvalue weighted by Gasteiger charge is 2.18. The second-order valence-corrected chi connectivity index (χ2v) is 8.65. The molecule has 1 aliphatic heterocycles. The Morgan fingerprint density at radius 3 is 2.55 bits per heavy atom. The topological polar surface area (TPSA) is 108 Å². The lowest BCUT2D eigenvalue weighted by Crippen LogP contribution is -2.21. The third kappa shape index (κ3) is 5.39. The summed E-state index contributed by atoms with van der Waals surface area (Å²) in [5, 5.41) is 2.59. The van der Waals surface area contributed by atoms with Crippen LogP contribution < -0.4 is 14.8 Å². The van der Waals surface area contributed by atoms with Crippen molar-refractivity contribution in [2.24, 2.45) is 0 Å². The van der Waals surface area contributed by atoms with Crippen molar-refractivity contribution in [3.8, 4) is 11.5 Å². The molecule has 0 aliphatic carbocycles. The fourth-order valence-electron chi connectivity index (χ4n) is 2.57. The first-order valence-corrected chi connectivity index (χ1v) is 10.9. The molecule has 0 unspecified atom stereocenters. The van der Waals surface area contributed by atoms with Gasteiger partial charge in [-0.25, -0.2) is 13.2 Å². The molecule has 8 nitrogen and oxygen atoms in total. The van der Waals surface area contributed by atoms with Crippen molar-refractivity contribution in [3.05, 3.63) is 47.0 Å². The van der Waals surface area contributed by atoms with Crippen LogP contribution in [0.1, 0.15) is 16.8 Å². The molecule has 2 aromatic rings. The Bertz CT molecular complexity index is 1050. The number of fused-ring (bicyclic) bond motifs is 1. The lowest BCUT2D eigenvalue weighted by molar-refractivity contribution is -0.119. The number of hydrogen-bond donors (Lipinski definition) is 1. The molecule has 0 bridgehead atoms. The number of amides is 1. The quantitative estimate of drug-likeness (QED) is 0.713. The zero-order valence-corrected chi connectivity index (χ0v) is 17.0. The van der Waals surface area contributed by atoms with Crippen LogP contribution in [0.15, 0.2) is 41.3 Å². The van der Waals surface area contributed by atoms with E-state index in [0.29, 0.717) is 30.4 Å². The molecule has 0 aromatic heterocycles. The van der Waals surface area contributed by atoms with Crippen LogP contribution >= 0.6 is 11.6 Å². The Kier molecular flexibility index (Phi) is 6.29. The maximum atomic E-state index is 12.1. The summed E-state index contributed by atoms with van der Waals surface area (Å²) in [6, 6.07) is 8.67. The molecule has 2 aromatic carbocycles. The molecule has 154 valence electrons. The summed E-state index contributed by atoms with van der Waals surface area (Å²) in [6.07, 6.45) is 1.74. The minimum Gasteiger partial charge on any atom is -0.490 e. The van der Waals surface area contributed by atoms with Crippen LogP contribution in [0.5, 0.6) is 11.5 Å². The van der Waals surface area contributed by atoms with Crippen LogP contribution in [0.25, 0.3) is 0 Å². The van der Waals surface area contributed by atoms with E-state index in [4.69, 9.17) is 25.8 Å². The molecule has 1 amide bonds. The van der Waals surface area contributed by atoms with E-state index in [2.05, 4.69) is 5.32 Å². The van der Waals surface area contributed by atoms with Crippen LogP contribution in [0, 0.1) is 0 Å². The second-order valence-electron chi connectivity index (χ2n) is 6.25. The van der Waals surface area contributed by atoms with Gasteiger partial charge in [-0.2, -0.15) is 0 Å². The normalized spacial score (nSPS) is 13.3. The summed E-state index contributed by atoms with van der Waals surface area (Å²) < 4.78 is 39.4. The highest BCUT2D eigenvalue weighted by molar-refractivity contribution is 7.90. The largest absolute Gasteiger partial charge is 0.490 e. The Morgan fingerprint density at radius 1 is 1.10 bits per heavy atom. The number of carbonyl (C=O) groups excluding carboxylic acids is 2. The molecule has 0 radical (unpaired) electrons. The summed E-state index contributed by atoms with van der Waals surface area (Å²) in [5.41, 5.74) is 0.430. The Labute approximate surface area is 172 Å². The van der Waals surface area contributed by atoms with E-state index in [0.717, 1.165) is 18.7 Å². The predicted molar refractivity (Wildman–Crippen MR) is 106 cm³/mol. The van der Waals surface area contributed by atoms with Gasteiger partial charge < -0.3 is 19.5 Å². The Morgan fingerprint density at radius 2 is 1.83 bits per heavy atom. The van der Waals surface area contributed by atoms with E-state index in [-0.39, 0.29) is 15.5 Å². The molecule has 1 heterocycles. The molecule has 3 rings (SSSR count). The SMILES string of the molecule is CS(=O)(=O)c1cc(C(=O)OCC(=O)Nc2ccc3c(c2)OCCCO3)ccc1Cl. The molecule has 0 atom stereocenters. The fourth-order valence-corrected chi connectivity index (χ4v) is 3.87. The number of nitrogens with one attached hydrogen (secondary N) is 1. The minimum absolute atomic E-state index is 0.00352. The van der Waals surface area contributed by atoms with Gasteiger partial charge in [0, 0.05) is 24.4 Å². The molecule has 1 N–H and O–H groups in total. The Balaban J connectivity index is 1.61. The van der Waals surface area contributed by atoms with E-state index in [1.54, 1.807) is 18.2 Å². The number of benzene rings is 2. The zero-order valence-electron chi connectivity index (χ0n) is 15.4. The second kappa shape index (κ2) is 8.71. The van der Waals surface area contributed by atoms with Gasteiger partial charge in [0.15, 0.2) is 27.9 Å². The number of ether oxygens (including phenoxy) is 3. The van der Waals surface area contributed by atoms with E-state index in [9.17, 15) is 18.0 Å². The number of esters is 1. The molecular formula is C19H18ClNO7S. The van der Waals surface area contributed by atoms with Gasteiger partial charge in [0.25, 0.3) is 5.91 Å². The summed E-state index contributed by atoms with van der Waals surface area (Å²) in [5.74, 6) is -0.298. The molecule has 10 heteroatoms. The number of rotatable bonds is 5. The first-order chi connectivity index (χ1) is 13.7. The van der Waals surface area contributed by atoms with Crippen LogP contribution in [-0.2, 0) is 19.4 Å². The summed E-state index contributed by atoms with van der Waals surface area (Å²) in [6.45, 7) is 0.517. The van der Waals surface area contributed by atoms with Crippen LogP contribution in [0.4, 0.5) is 5.69 Å². The van der Waals surface area contributed by atoms with Gasteiger partial charge in [-0.3, -0.25) is 4.79 Å². The van der Waals surface area contributed by atoms with E-state index >= 15 is 0 Å². The van der Waals surface area contributed by atoms with Crippen molar-refractivity contribution in [2.75, 3.05) is 31.4 Å². The van der Waals surface area contributed by atoms with E-state index in [1.165, 1.54) is 12.1 Å². The van der Waals surface area contributed by atoms with Gasteiger partial charge >= 0.3 is 5.97 Å². The predicted octanol–water partition coefficient (Wildman–Crippen LogP) is 2.70. The molecule has 0 saturated heterocycles. The summed E-state index contributed by atoms with van der Waals surface area (Å²) in [4.78, 5) is 24.0. The van der Waals surface area contributed by atoms with Crippen molar-refractivity contribution in [3.63, 3.8) is 0 Å². The van der Waals surface area contributed by atoms with Gasteiger partial charge in [-0.15, -0.1) is 0 Å². The summed E-state index contributed by atoms with van der Waals surface area (Å²) >= 11 is 5.85. The number of halogens is 1. The highest BCUT2D eigenvalue weighted by Crippen LogP contribution is 2.32. The van der Waals surface area contributed by atoms with Crippen molar-refractivity contribution in [1.29, 1.82) is 0 Å². The van der Waals surface area contributed by atoms with Crippen molar-refractivity contribution < 1.29 is 32.2 Å². The lowest BCUT2D eigenvalue weighted by Gasteiger charge is -2.11. The molecular weight excluding hydrogens is 422 g/mol. The fraction of sp³-hybridized carbons (Fsp3) is 0.263. The number of hydrogen-bond acceptors (Lipinski definition) is 7. The minimum atomic E-state index is -3.61. The monoisotopic (exact) mass is 439 g/mol. The van der Waals surface area contributed by atoms with Crippen LogP contribution in [-0.4, -0.2) is 46.4 Å². The number of anilines is 1. The average molecular weight is 440 g/mol. The van der Waals surface area contributed by atoms with Crippen LogP contribution in [0.3, 0.4) is 0 Å². The molecule has 1 aliphatic rings. The van der Waals surface area contributed by atoms with E-state index in [1.807, 2.05) is 0 Å². The highest BCUT2D eigenvalue weighted by atomic mass is 35.5. The maximum Gasteiger partial charge on any atom is 0.338 e. The molecule has 29 heavy (non-hydrogen) atoms. The van der Waals surface area contributed by atoms with Crippen molar-refractivity contribution in [2.45, 2.75) is 11.3 Å². The third-order valence-corrected chi connectivity index (χ3v) is 5.51. The number of carbonyl (C=O) groups is 2. The number of sulfone groups is 1. The molecule has 0 saturated carbocycles. The lowest BCUT2D eigenvalue weighted by atomic mass is 10.2. The van der Waals surface area contributed by atoms with Crippen LogP contribution in [0.2, 0.25) is 5.02 Å². The average Bonchev–Trinajstić information content (AvgIpc) is 2.90. The summed E-state index contributed by atoms with van der Waals surface area (Å²) in [7, 11) is -3.61. The van der Waals surface area contributed by atoms with Gasteiger partial charge in [0.05, 0.1) is 28.7 Å². The van der Waals surface area contributed by atoms with Gasteiger partial charge in [-0.05, 0) is 30.3 Å². The molecule has 0 spiro atoms. The molecule has 0 fully saturated rings. The van der Waals surface area contributed by atoms with Gasteiger partial charge in [-0.1, -0.05) is 11.6 Å². The zero-order chi connectivity index (χ0) is 21.0. The van der Waals surface area contributed by atoms with Crippen molar-refractivity contribution >= 4 is 39.0 Å². The third-order valence-electron chi connectivity index (χ3n) is 3.93. The first-order valence-electron chi connectivity index (χ1n) is 8.60. The van der Waals surface area contributed by atoms with Crippen molar-refractivity contribution in [1.82, 2.24) is 0 Å². The van der Waals surface area contributed by atoms with Gasteiger partial charge in [0.2, 0.25) is 0 Å². The Hall–Kier alpha value is -2.78. The van der Waals surface area contributed by atoms with Gasteiger partial charge in [0.1, 0.15) is 0 Å².